The van der Waals surface area contributed by atoms with Crippen LogP contribution in [0.3, 0.4) is 0 Å². The highest BCUT2D eigenvalue weighted by molar-refractivity contribution is 9.10. The van der Waals surface area contributed by atoms with Gasteiger partial charge in [-0.2, -0.15) is 0 Å². The summed E-state index contributed by atoms with van der Waals surface area (Å²) in [4.78, 5) is 0. The van der Waals surface area contributed by atoms with Crippen molar-refractivity contribution >= 4 is 37.4 Å². The summed E-state index contributed by atoms with van der Waals surface area (Å²) in [6, 6.07) is 3.99. The molecule has 0 aliphatic heterocycles. The van der Waals surface area contributed by atoms with Crippen molar-refractivity contribution in [2.24, 2.45) is 0 Å². The van der Waals surface area contributed by atoms with E-state index >= 15 is 0 Å². The van der Waals surface area contributed by atoms with Crippen molar-refractivity contribution in [3.63, 3.8) is 0 Å². The van der Waals surface area contributed by atoms with Crippen LogP contribution in [-0.2, 0) is 0 Å². The van der Waals surface area contributed by atoms with Crippen LogP contribution in [0.4, 0.5) is 0 Å². The van der Waals surface area contributed by atoms with Crippen molar-refractivity contribution in [2.75, 3.05) is 14.2 Å². The fourth-order valence-corrected chi connectivity index (χ4v) is 3.04. The van der Waals surface area contributed by atoms with Gasteiger partial charge in [0, 0.05) is 10.8 Å². The smallest absolute Gasteiger partial charge is 0.150 e. The molecule has 0 atom stereocenters. The van der Waals surface area contributed by atoms with Crippen LogP contribution in [0.25, 0.3) is 10.1 Å². The quantitative estimate of drug-likeness (QED) is 0.831. The Morgan fingerprint density at radius 1 is 1.21 bits per heavy atom. The number of fused-ring (bicyclic) bond motifs is 1. The van der Waals surface area contributed by atoms with Crippen molar-refractivity contribution < 1.29 is 9.47 Å². The zero-order chi connectivity index (χ0) is 10.1. The molecule has 0 saturated carbocycles. The van der Waals surface area contributed by atoms with Crippen LogP contribution < -0.4 is 9.47 Å². The Hall–Kier alpha value is -0.740. The summed E-state index contributed by atoms with van der Waals surface area (Å²) in [5, 5.41) is 3.08. The summed E-state index contributed by atoms with van der Waals surface area (Å²) in [7, 11) is 3.35. The number of methoxy groups -OCH3 is 2. The van der Waals surface area contributed by atoms with Gasteiger partial charge in [0.15, 0.2) is 5.75 Å². The second kappa shape index (κ2) is 3.79. The lowest BCUT2D eigenvalue weighted by Crippen LogP contribution is -1.85. The first-order valence-electron chi connectivity index (χ1n) is 4.05. The van der Waals surface area contributed by atoms with Gasteiger partial charge in [0.2, 0.25) is 0 Å². The molecule has 0 unspecified atom stereocenters. The molecular formula is C10H9BrO2S. The number of benzene rings is 1. The predicted octanol–water partition coefficient (Wildman–Crippen LogP) is 3.68. The first-order chi connectivity index (χ1) is 6.77. The maximum Gasteiger partial charge on any atom is 0.150 e. The SMILES string of the molecule is COc1csc2c(OC)c(Br)ccc12. The van der Waals surface area contributed by atoms with Crippen LogP contribution in [0.2, 0.25) is 0 Å². The molecule has 0 fully saturated rings. The van der Waals surface area contributed by atoms with E-state index in [1.807, 2.05) is 17.5 Å². The minimum atomic E-state index is 0.871. The summed E-state index contributed by atoms with van der Waals surface area (Å²) in [6.07, 6.45) is 0. The Labute approximate surface area is 94.6 Å². The standard InChI is InChI=1S/C10H9BrO2S/c1-12-8-5-14-10-6(8)3-4-7(11)9(10)13-2/h3-5H,1-2H3. The van der Waals surface area contributed by atoms with Gasteiger partial charge in [-0.1, -0.05) is 0 Å². The van der Waals surface area contributed by atoms with E-state index < -0.39 is 0 Å². The molecule has 0 N–H and O–H groups in total. The Morgan fingerprint density at radius 3 is 2.64 bits per heavy atom. The topological polar surface area (TPSA) is 18.5 Å². The molecular weight excluding hydrogens is 264 g/mol. The van der Waals surface area contributed by atoms with Gasteiger partial charge in [0.1, 0.15) is 5.75 Å². The van der Waals surface area contributed by atoms with Crippen LogP contribution >= 0.6 is 27.3 Å². The molecule has 1 aromatic heterocycles. The molecule has 1 heterocycles. The van der Waals surface area contributed by atoms with Gasteiger partial charge in [-0.05, 0) is 28.1 Å². The molecule has 4 heteroatoms. The number of hydrogen-bond acceptors (Lipinski definition) is 3. The molecule has 0 saturated heterocycles. The number of rotatable bonds is 2. The minimum Gasteiger partial charge on any atom is -0.495 e. The van der Waals surface area contributed by atoms with E-state index in [-0.39, 0.29) is 0 Å². The van der Waals surface area contributed by atoms with Gasteiger partial charge in [-0.3, -0.25) is 0 Å². The Kier molecular flexibility index (Phi) is 2.65. The van der Waals surface area contributed by atoms with Crippen molar-refractivity contribution in [1.82, 2.24) is 0 Å². The van der Waals surface area contributed by atoms with Gasteiger partial charge < -0.3 is 9.47 Å². The van der Waals surface area contributed by atoms with Crippen molar-refractivity contribution in [1.29, 1.82) is 0 Å². The lowest BCUT2D eigenvalue weighted by molar-refractivity contribution is 0.416. The minimum absolute atomic E-state index is 0.871. The molecule has 2 rings (SSSR count). The highest BCUT2D eigenvalue weighted by Gasteiger charge is 2.11. The fraction of sp³-hybridized carbons (Fsp3) is 0.200. The predicted molar refractivity (Wildman–Crippen MR) is 62.6 cm³/mol. The van der Waals surface area contributed by atoms with E-state index in [9.17, 15) is 0 Å². The van der Waals surface area contributed by atoms with Crippen LogP contribution in [0, 0.1) is 0 Å². The second-order valence-corrected chi connectivity index (χ2v) is 4.50. The Morgan fingerprint density at radius 2 is 2.00 bits per heavy atom. The molecule has 0 aliphatic rings. The summed E-state index contributed by atoms with van der Waals surface area (Å²) < 4.78 is 12.6. The van der Waals surface area contributed by atoms with Crippen LogP contribution in [-0.4, -0.2) is 14.2 Å². The normalized spacial score (nSPS) is 10.5. The average molecular weight is 273 g/mol. The van der Waals surface area contributed by atoms with Gasteiger partial charge in [-0.25, -0.2) is 0 Å². The first-order valence-corrected chi connectivity index (χ1v) is 5.73. The van der Waals surface area contributed by atoms with E-state index in [2.05, 4.69) is 15.9 Å². The average Bonchev–Trinajstić information content (AvgIpc) is 2.60. The summed E-state index contributed by atoms with van der Waals surface area (Å²) in [6.45, 7) is 0. The molecule has 0 spiro atoms. The molecule has 2 nitrogen and oxygen atoms in total. The Balaban J connectivity index is 2.76. The fourth-order valence-electron chi connectivity index (χ4n) is 1.37. The highest BCUT2D eigenvalue weighted by atomic mass is 79.9. The van der Waals surface area contributed by atoms with Crippen molar-refractivity contribution in [3.05, 3.63) is 22.0 Å². The number of hydrogen-bond donors (Lipinski definition) is 0. The van der Waals surface area contributed by atoms with Gasteiger partial charge >= 0.3 is 0 Å². The molecule has 0 aliphatic carbocycles. The molecule has 0 radical (unpaired) electrons. The summed E-state index contributed by atoms with van der Waals surface area (Å²) in [5.74, 6) is 1.77. The van der Waals surface area contributed by atoms with Gasteiger partial charge in [0.05, 0.1) is 23.4 Å². The van der Waals surface area contributed by atoms with Gasteiger partial charge in [0.25, 0.3) is 0 Å². The van der Waals surface area contributed by atoms with Crippen LogP contribution in [0.1, 0.15) is 0 Å². The maximum atomic E-state index is 5.32. The van der Waals surface area contributed by atoms with Gasteiger partial charge in [-0.15, -0.1) is 11.3 Å². The molecule has 74 valence electrons. The molecule has 14 heavy (non-hydrogen) atoms. The highest BCUT2D eigenvalue weighted by Crippen LogP contribution is 2.41. The third-order valence-corrected chi connectivity index (χ3v) is 3.63. The maximum absolute atomic E-state index is 5.32. The molecule has 2 aromatic rings. The molecule has 0 amide bonds. The molecule has 0 bridgehead atoms. The number of ether oxygens (including phenoxy) is 2. The largest absolute Gasteiger partial charge is 0.495 e. The zero-order valence-electron chi connectivity index (χ0n) is 7.83. The lowest BCUT2D eigenvalue weighted by atomic mass is 10.2. The van der Waals surface area contributed by atoms with E-state index in [0.29, 0.717) is 0 Å². The van der Waals surface area contributed by atoms with E-state index in [1.165, 1.54) is 0 Å². The zero-order valence-corrected chi connectivity index (χ0v) is 10.2. The first kappa shape index (κ1) is 9.80. The third-order valence-electron chi connectivity index (χ3n) is 2.04. The van der Waals surface area contributed by atoms with Crippen LogP contribution in [0.5, 0.6) is 11.5 Å². The van der Waals surface area contributed by atoms with Crippen LogP contribution in [0.15, 0.2) is 22.0 Å². The summed E-state index contributed by atoms with van der Waals surface area (Å²) in [5.41, 5.74) is 0. The molecule has 1 aromatic carbocycles. The van der Waals surface area contributed by atoms with Crippen molar-refractivity contribution in [3.8, 4) is 11.5 Å². The van der Waals surface area contributed by atoms with Crippen molar-refractivity contribution in [2.45, 2.75) is 0 Å². The second-order valence-electron chi connectivity index (χ2n) is 2.76. The van der Waals surface area contributed by atoms with E-state index in [0.717, 1.165) is 26.1 Å². The lowest BCUT2D eigenvalue weighted by Gasteiger charge is -2.04. The number of halogens is 1. The Bertz CT molecular complexity index is 464. The number of thiophene rings is 1. The summed E-state index contributed by atoms with van der Waals surface area (Å²) >= 11 is 5.07. The van der Waals surface area contributed by atoms with E-state index in [4.69, 9.17) is 9.47 Å². The van der Waals surface area contributed by atoms with E-state index in [1.54, 1.807) is 25.6 Å². The monoisotopic (exact) mass is 272 g/mol. The third kappa shape index (κ3) is 1.38.